The van der Waals surface area contributed by atoms with Crippen LogP contribution in [0.3, 0.4) is 0 Å². The second kappa shape index (κ2) is 9.49. The van der Waals surface area contributed by atoms with Crippen LogP contribution in [-0.4, -0.2) is 16.8 Å². The minimum absolute atomic E-state index is 0.0104. The van der Waals surface area contributed by atoms with E-state index in [0.29, 0.717) is 12.4 Å². The summed E-state index contributed by atoms with van der Waals surface area (Å²) in [5, 5.41) is 11.1. The number of ether oxygens (including phenoxy) is 2. The molecule has 0 amide bonds. The SMILES string of the molecule is O=C1OC(c2ccc(Cl)c([N+](=O)[O-])c2)=N/C1=C\c1ccc(OCc2cccc(I)c2)cc1. The molecule has 32 heavy (non-hydrogen) atoms. The lowest BCUT2D eigenvalue weighted by atomic mass is 10.2. The number of carbonyl (C=O) groups excluding carboxylic acids is 1. The van der Waals surface area contributed by atoms with Gasteiger partial charge in [0.05, 0.1) is 4.92 Å². The highest BCUT2D eigenvalue weighted by atomic mass is 127. The molecule has 3 aromatic carbocycles. The fourth-order valence-corrected chi connectivity index (χ4v) is 3.72. The zero-order valence-electron chi connectivity index (χ0n) is 16.3. The summed E-state index contributed by atoms with van der Waals surface area (Å²) in [4.78, 5) is 26.9. The third kappa shape index (κ3) is 5.14. The fraction of sp³-hybridized carbons (Fsp3) is 0.0435. The monoisotopic (exact) mass is 560 g/mol. The number of cyclic esters (lactones) is 1. The molecule has 9 heteroatoms. The molecule has 0 bridgehead atoms. The maximum absolute atomic E-state index is 12.2. The molecule has 160 valence electrons. The zero-order valence-corrected chi connectivity index (χ0v) is 19.2. The van der Waals surface area contributed by atoms with Gasteiger partial charge in [0.25, 0.3) is 5.69 Å². The lowest BCUT2D eigenvalue weighted by molar-refractivity contribution is -0.384. The molecule has 0 saturated carbocycles. The lowest BCUT2D eigenvalue weighted by Crippen LogP contribution is -2.06. The van der Waals surface area contributed by atoms with Gasteiger partial charge in [-0.25, -0.2) is 9.79 Å². The van der Waals surface area contributed by atoms with Crippen LogP contribution in [0, 0.1) is 13.7 Å². The van der Waals surface area contributed by atoms with Gasteiger partial charge in [-0.05, 0) is 76.2 Å². The Bertz CT molecular complexity index is 1270. The second-order valence-corrected chi connectivity index (χ2v) is 8.40. The minimum Gasteiger partial charge on any atom is -0.489 e. The van der Waals surface area contributed by atoms with Crippen LogP contribution in [0.2, 0.25) is 5.02 Å². The molecule has 0 atom stereocenters. The van der Waals surface area contributed by atoms with Crippen LogP contribution in [0.15, 0.2) is 77.4 Å². The van der Waals surface area contributed by atoms with Crippen molar-refractivity contribution >= 4 is 57.8 Å². The molecular weight excluding hydrogens is 547 g/mol. The maximum atomic E-state index is 12.2. The van der Waals surface area contributed by atoms with Gasteiger partial charge in [-0.2, -0.15) is 0 Å². The van der Waals surface area contributed by atoms with Gasteiger partial charge in [-0.15, -0.1) is 0 Å². The van der Waals surface area contributed by atoms with Crippen LogP contribution in [0.4, 0.5) is 5.69 Å². The summed E-state index contributed by atoms with van der Waals surface area (Å²) in [6.07, 6.45) is 1.57. The van der Waals surface area contributed by atoms with Crippen LogP contribution in [-0.2, 0) is 16.1 Å². The van der Waals surface area contributed by atoms with Crippen molar-refractivity contribution in [2.24, 2.45) is 4.99 Å². The van der Waals surface area contributed by atoms with Crippen molar-refractivity contribution in [1.29, 1.82) is 0 Å². The third-order valence-corrected chi connectivity index (χ3v) is 5.48. The van der Waals surface area contributed by atoms with E-state index in [1.54, 1.807) is 30.3 Å². The van der Waals surface area contributed by atoms with Gasteiger partial charge < -0.3 is 9.47 Å². The number of nitrogens with zero attached hydrogens (tertiary/aromatic N) is 2. The average Bonchev–Trinajstić information content (AvgIpc) is 3.13. The van der Waals surface area contributed by atoms with Crippen molar-refractivity contribution < 1.29 is 19.2 Å². The van der Waals surface area contributed by atoms with Gasteiger partial charge in [0.2, 0.25) is 5.90 Å². The first-order valence-corrected chi connectivity index (χ1v) is 10.8. The Morgan fingerprint density at radius 2 is 1.91 bits per heavy atom. The number of rotatable bonds is 6. The first-order valence-electron chi connectivity index (χ1n) is 9.33. The minimum atomic E-state index is -0.642. The lowest BCUT2D eigenvalue weighted by Gasteiger charge is -2.07. The molecule has 1 heterocycles. The quantitative estimate of drug-likeness (QED) is 0.125. The molecule has 0 spiro atoms. The maximum Gasteiger partial charge on any atom is 0.363 e. The van der Waals surface area contributed by atoms with Crippen LogP contribution in [0.25, 0.3) is 6.08 Å². The molecule has 0 fully saturated rings. The Kier molecular flexibility index (Phi) is 6.52. The van der Waals surface area contributed by atoms with Gasteiger partial charge in [-0.1, -0.05) is 35.9 Å². The molecule has 1 aliphatic heterocycles. The number of halogens is 2. The smallest absolute Gasteiger partial charge is 0.363 e. The third-order valence-electron chi connectivity index (χ3n) is 4.49. The van der Waals surface area contributed by atoms with Gasteiger partial charge in [0.15, 0.2) is 5.70 Å². The molecular formula is C23H14ClIN2O5. The normalized spacial score (nSPS) is 14.2. The van der Waals surface area contributed by atoms with E-state index in [0.717, 1.165) is 14.7 Å². The number of hydrogen-bond acceptors (Lipinski definition) is 6. The van der Waals surface area contributed by atoms with Crippen molar-refractivity contribution in [3.05, 3.63) is 108 Å². The predicted octanol–water partition coefficient (Wildman–Crippen LogP) is 5.78. The van der Waals surface area contributed by atoms with Gasteiger partial charge in [-0.3, -0.25) is 10.1 Å². The molecule has 0 saturated heterocycles. The number of hydrogen-bond donors (Lipinski definition) is 0. The number of nitro groups is 1. The molecule has 0 aromatic heterocycles. The van der Waals surface area contributed by atoms with Crippen LogP contribution < -0.4 is 4.74 Å². The number of carbonyl (C=O) groups is 1. The van der Waals surface area contributed by atoms with Crippen molar-refractivity contribution in [1.82, 2.24) is 0 Å². The molecule has 4 rings (SSSR count). The van der Waals surface area contributed by atoms with Crippen molar-refractivity contribution in [2.75, 3.05) is 0 Å². The molecule has 0 unspecified atom stereocenters. The Hall–Kier alpha value is -3.24. The van der Waals surface area contributed by atoms with Gasteiger partial charge >= 0.3 is 5.97 Å². The van der Waals surface area contributed by atoms with Crippen molar-refractivity contribution in [3.8, 4) is 5.75 Å². The highest BCUT2D eigenvalue weighted by Gasteiger charge is 2.26. The Morgan fingerprint density at radius 3 is 2.62 bits per heavy atom. The van der Waals surface area contributed by atoms with E-state index in [-0.39, 0.29) is 27.9 Å². The number of benzene rings is 3. The summed E-state index contributed by atoms with van der Waals surface area (Å²) in [5.41, 5.74) is 1.88. The predicted molar refractivity (Wildman–Crippen MR) is 129 cm³/mol. The summed E-state index contributed by atoms with van der Waals surface area (Å²) in [7, 11) is 0. The van der Waals surface area contributed by atoms with E-state index >= 15 is 0 Å². The number of aliphatic imine (C=N–C) groups is 1. The molecule has 3 aromatic rings. The highest BCUT2D eigenvalue weighted by Crippen LogP contribution is 2.28. The van der Waals surface area contributed by atoms with Crippen LogP contribution >= 0.6 is 34.2 Å². The first kappa shape index (κ1) is 22.0. The standard InChI is InChI=1S/C23H14ClIN2O5/c24-19-9-6-16(12-21(19)27(29)30)22-26-20(23(28)32-22)11-14-4-7-18(8-5-14)31-13-15-2-1-3-17(25)10-15/h1-12H,13H2/b20-11-. The van der Waals surface area contributed by atoms with Gasteiger partial charge in [0, 0.05) is 15.2 Å². The number of nitro benzene ring substituents is 1. The van der Waals surface area contributed by atoms with E-state index < -0.39 is 10.9 Å². The Labute approximate surface area is 201 Å². The summed E-state index contributed by atoms with van der Waals surface area (Å²) < 4.78 is 12.1. The summed E-state index contributed by atoms with van der Waals surface area (Å²) in [5.74, 6) is 0.0350. The highest BCUT2D eigenvalue weighted by molar-refractivity contribution is 14.1. The van der Waals surface area contributed by atoms with E-state index in [1.807, 2.05) is 18.2 Å². The van der Waals surface area contributed by atoms with E-state index in [2.05, 4.69) is 33.6 Å². The Morgan fingerprint density at radius 1 is 1.12 bits per heavy atom. The van der Waals surface area contributed by atoms with Crippen molar-refractivity contribution in [2.45, 2.75) is 6.61 Å². The zero-order chi connectivity index (χ0) is 22.7. The van der Waals surface area contributed by atoms with E-state index in [9.17, 15) is 14.9 Å². The largest absolute Gasteiger partial charge is 0.489 e. The van der Waals surface area contributed by atoms with E-state index in [4.69, 9.17) is 21.1 Å². The van der Waals surface area contributed by atoms with Crippen molar-refractivity contribution in [3.63, 3.8) is 0 Å². The molecule has 0 N–H and O–H groups in total. The molecule has 1 aliphatic rings. The first-order chi connectivity index (χ1) is 15.4. The topological polar surface area (TPSA) is 91.0 Å². The summed E-state index contributed by atoms with van der Waals surface area (Å²) in [6.45, 7) is 0.449. The second-order valence-electron chi connectivity index (χ2n) is 6.75. The van der Waals surface area contributed by atoms with E-state index in [1.165, 1.54) is 18.2 Å². The molecule has 0 aliphatic carbocycles. The van der Waals surface area contributed by atoms with Gasteiger partial charge in [0.1, 0.15) is 17.4 Å². The average molecular weight is 561 g/mol. The fourth-order valence-electron chi connectivity index (χ4n) is 2.93. The summed E-state index contributed by atoms with van der Waals surface area (Å²) in [6, 6.07) is 19.3. The molecule has 0 radical (unpaired) electrons. The summed E-state index contributed by atoms with van der Waals surface area (Å²) >= 11 is 8.08. The Balaban J connectivity index is 1.48. The van der Waals surface area contributed by atoms with Crippen LogP contribution in [0.5, 0.6) is 5.75 Å². The van der Waals surface area contributed by atoms with Crippen LogP contribution in [0.1, 0.15) is 16.7 Å². The molecule has 7 nitrogen and oxygen atoms in total. The number of esters is 1.